The van der Waals surface area contributed by atoms with E-state index >= 15 is 0 Å². The quantitative estimate of drug-likeness (QED) is 0.754. The predicted octanol–water partition coefficient (Wildman–Crippen LogP) is 2.88. The number of sulfonamides is 1. The molecule has 154 valence electrons. The smallest absolute Gasteiger partial charge is 0.251 e. The molecule has 0 spiro atoms. The van der Waals surface area contributed by atoms with Crippen molar-refractivity contribution in [3.8, 4) is 0 Å². The third-order valence-electron chi connectivity index (χ3n) is 4.71. The van der Waals surface area contributed by atoms with Crippen LogP contribution in [0.25, 0.3) is 0 Å². The van der Waals surface area contributed by atoms with Crippen molar-refractivity contribution in [2.75, 3.05) is 18.4 Å². The Bertz CT molecular complexity index is 983. The predicted molar refractivity (Wildman–Crippen MR) is 111 cm³/mol. The molecule has 1 aliphatic heterocycles. The highest BCUT2D eigenvalue weighted by Gasteiger charge is 2.30. The number of carbonyl (C=O) groups is 2. The van der Waals surface area contributed by atoms with Crippen LogP contribution in [0.2, 0.25) is 5.02 Å². The van der Waals surface area contributed by atoms with Gasteiger partial charge in [0.05, 0.1) is 4.90 Å². The van der Waals surface area contributed by atoms with Crippen molar-refractivity contribution < 1.29 is 18.0 Å². The van der Waals surface area contributed by atoms with E-state index in [1.807, 2.05) is 0 Å². The van der Waals surface area contributed by atoms with E-state index in [2.05, 4.69) is 10.6 Å². The van der Waals surface area contributed by atoms with Crippen LogP contribution in [0, 0.1) is 0 Å². The summed E-state index contributed by atoms with van der Waals surface area (Å²) in [4.78, 5) is 23.6. The summed E-state index contributed by atoms with van der Waals surface area (Å²) in [5, 5.41) is 6.12. The van der Waals surface area contributed by atoms with E-state index in [1.54, 1.807) is 36.4 Å². The Hall–Kier alpha value is -2.42. The number of rotatable bonds is 5. The zero-order valence-corrected chi connectivity index (χ0v) is 17.5. The molecule has 0 unspecified atom stereocenters. The van der Waals surface area contributed by atoms with Crippen LogP contribution in [0.4, 0.5) is 5.69 Å². The second-order valence-electron chi connectivity index (χ2n) is 6.86. The van der Waals surface area contributed by atoms with Gasteiger partial charge >= 0.3 is 0 Å². The summed E-state index contributed by atoms with van der Waals surface area (Å²) >= 11 is 5.84. The molecule has 2 N–H and O–H groups in total. The van der Waals surface area contributed by atoms with Gasteiger partial charge in [0.1, 0.15) is 0 Å². The van der Waals surface area contributed by atoms with Gasteiger partial charge in [-0.05, 0) is 61.4 Å². The average Bonchev–Trinajstić information content (AvgIpc) is 2.69. The van der Waals surface area contributed by atoms with E-state index < -0.39 is 10.0 Å². The number of halogens is 1. The van der Waals surface area contributed by atoms with Gasteiger partial charge in [0.15, 0.2) is 0 Å². The minimum absolute atomic E-state index is 0.0910. The molecule has 1 aliphatic rings. The Kier molecular flexibility index (Phi) is 6.56. The molecule has 9 heteroatoms. The summed E-state index contributed by atoms with van der Waals surface area (Å²) in [6.45, 7) is 2.03. The number of hydrogen-bond donors (Lipinski definition) is 2. The fourth-order valence-corrected chi connectivity index (χ4v) is 4.77. The van der Waals surface area contributed by atoms with Crippen molar-refractivity contribution in [3.05, 3.63) is 59.1 Å². The maximum Gasteiger partial charge on any atom is 0.251 e. The monoisotopic (exact) mass is 435 g/mol. The molecule has 0 aromatic heterocycles. The number of anilines is 1. The van der Waals surface area contributed by atoms with Crippen molar-refractivity contribution in [2.24, 2.45) is 0 Å². The molecule has 0 radical (unpaired) electrons. The lowest BCUT2D eigenvalue weighted by atomic mass is 10.1. The maximum atomic E-state index is 12.8. The molecule has 1 saturated heterocycles. The minimum atomic E-state index is -3.62. The van der Waals surface area contributed by atoms with Crippen molar-refractivity contribution in [3.63, 3.8) is 0 Å². The highest BCUT2D eigenvalue weighted by molar-refractivity contribution is 7.89. The summed E-state index contributed by atoms with van der Waals surface area (Å²) in [5.41, 5.74) is 1.06. The van der Waals surface area contributed by atoms with Crippen LogP contribution in [0.1, 0.15) is 30.1 Å². The van der Waals surface area contributed by atoms with Crippen LogP contribution in [0.5, 0.6) is 0 Å². The van der Waals surface area contributed by atoms with Crippen molar-refractivity contribution >= 4 is 39.1 Å². The first kappa shape index (κ1) is 21.3. The molecule has 29 heavy (non-hydrogen) atoms. The van der Waals surface area contributed by atoms with E-state index in [1.165, 1.54) is 23.4 Å². The number of piperidine rings is 1. The first-order valence-corrected chi connectivity index (χ1v) is 11.0. The Balaban J connectivity index is 1.58. The van der Waals surface area contributed by atoms with Gasteiger partial charge in [-0.25, -0.2) is 8.42 Å². The lowest BCUT2D eigenvalue weighted by Crippen LogP contribution is -2.46. The van der Waals surface area contributed by atoms with Crippen molar-refractivity contribution in [2.45, 2.75) is 30.7 Å². The van der Waals surface area contributed by atoms with Crippen LogP contribution in [-0.4, -0.2) is 43.7 Å². The zero-order valence-electron chi connectivity index (χ0n) is 15.9. The van der Waals surface area contributed by atoms with Gasteiger partial charge in [0.25, 0.3) is 5.91 Å². The van der Waals surface area contributed by atoms with Crippen LogP contribution in [0.3, 0.4) is 0 Å². The number of nitrogens with zero attached hydrogens (tertiary/aromatic N) is 1. The molecule has 2 amide bonds. The second-order valence-corrected chi connectivity index (χ2v) is 9.24. The van der Waals surface area contributed by atoms with Gasteiger partial charge in [-0.3, -0.25) is 9.59 Å². The standard InChI is InChI=1S/C20H22ClN3O4S/c1-14(25)22-17-6-8-19(9-7-17)29(27,28)24-12-10-18(11-13-24)23-20(26)15-2-4-16(21)5-3-15/h2-9,18H,10-13H2,1H3,(H,22,25)(H,23,26). The van der Waals surface area contributed by atoms with E-state index in [0.717, 1.165) is 0 Å². The van der Waals surface area contributed by atoms with Gasteiger partial charge < -0.3 is 10.6 Å². The topological polar surface area (TPSA) is 95.6 Å². The summed E-state index contributed by atoms with van der Waals surface area (Å²) in [6.07, 6.45) is 1.06. The van der Waals surface area contributed by atoms with Gasteiger partial charge in [0.2, 0.25) is 15.9 Å². The molecule has 1 fully saturated rings. The number of nitrogens with one attached hydrogen (secondary N) is 2. The third kappa shape index (κ3) is 5.35. The molecular weight excluding hydrogens is 414 g/mol. The fourth-order valence-electron chi connectivity index (χ4n) is 3.17. The fraction of sp³-hybridized carbons (Fsp3) is 0.300. The molecule has 2 aromatic rings. The molecule has 7 nitrogen and oxygen atoms in total. The summed E-state index contributed by atoms with van der Waals surface area (Å²) in [6, 6.07) is 12.6. The average molecular weight is 436 g/mol. The van der Waals surface area contributed by atoms with Gasteiger partial charge in [-0.15, -0.1) is 0 Å². The third-order valence-corrected chi connectivity index (χ3v) is 6.87. The van der Waals surface area contributed by atoms with E-state index in [9.17, 15) is 18.0 Å². The molecule has 1 heterocycles. The number of carbonyl (C=O) groups excluding carboxylic acids is 2. The van der Waals surface area contributed by atoms with Crippen LogP contribution in [0.15, 0.2) is 53.4 Å². The molecule has 0 aliphatic carbocycles. The summed E-state index contributed by atoms with van der Waals surface area (Å²) < 4.78 is 27.1. The Morgan fingerprint density at radius 1 is 1.00 bits per heavy atom. The van der Waals surface area contributed by atoms with Crippen molar-refractivity contribution in [1.29, 1.82) is 0 Å². The number of hydrogen-bond acceptors (Lipinski definition) is 4. The van der Waals surface area contributed by atoms with E-state index in [0.29, 0.717) is 42.2 Å². The Morgan fingerprint density at radius 3 is 2.14 bits per heavy atom. The van der Waals surface area contributed by atoms with Gasteiger partial charge in [0, 0.05) is 42.3 Å². The van der Waals surface area contributed by atoms with Gasteiger partial charge in [-0.1, -0.05) is 11.6 Å². The highest BCUT2D eigenvalue weighted by atomic mass is 35.5. The van der Waals surface area contributed by atoms with Crippen molar-refractivity contribution in [1.82, 2.24) is 9.62 Å². The molecule has 2 aromatic carbocycles. The normalized spacial score (nSPS) is 15.7. The lowest BCUT2D eigenvalue weighted by molar-refractivity contribution is -0.114. The molecule has 3 rings (SSSR count). The summed E-state index contributed by atoms with van der Waals surface area (Å²) in [5.74, 6) is -0.417. The molecular formula is C20H22ClN3O4S. The largest absolute Gasteiger partial charge is 0.349 e. The van der Waals surface area contributed by atoms with Crippen LogP contribution in [-0.2, 0) is 14.8 Å². The molecule has 0 saturated carbocycles. The van der Waals surface area contributed by atoms with Crippen LogP contribution < -0.4 is 10.6 Å². The number of benzene rings is 2. The zero-order chi connectivity index (χ0) is 21.0. The maximum absolute atomic E-state index is 12.8. The van der Waals surface area contributed by atoms with Crippen LogP contribution >= 0.6 is 11.6 Å². The van der Waals surface area contributed by atoms with E-state index in [4.69, 9.17) is 11.6 Å². The first-order chi connectivity index (χ1) is 13.8. The van der Waals surface area contributed by atoms with E-state index in [-0.39, 0.29) is 22.8 Å². The van der Waals surface area contributed by atoms with Gasteiger partial charge in [-0.2, -0.15) is 4.31 Å². The summed E-state index contributed by atoms with van der Waals surface area (Å²) in [7, 11) is -3.62. The molecule has 0 bridgehead atoms. The molecule has 0 atom stereocenters. The Morgan fingerprint density at radius 2 is 1.59 bits per heavy atom. The number of amides is 2. The second kappa shape index (κ2) is 8.94. The minimum Gasteiger partial charge on any atom is -0.349 e. The SMILES string of the molecule is CC(=O)Nc1ccc(S(=O)(=O)N2CCC(NC(=O)c3ccc(Cl)cc3)CC2)cc1. The first-order valence-electron chi connectivity index (χ1n) is 9.20. The Labute approximate surface area is 175 Å². The highest BCUT2D eigenvalue weighted by Crippen LogP contribution is 2.22. The lowest BCUT2D eigenvalue weighted by Gasteiger charge is -2.31.